The molecule has 0 spiro atoms. The lowest BCUT2D eigenvalue weighted by Gasteiger charge is -2.08. The van der Waals surface area contributed by atoms with Crippen molar-refractivity contribution in [2.45, 2.75) is 6.42 Å². The van der Waals surface area contributed by atoms with Gasteiger partial charge in [0, 0.05) is 6.42 Å². The molecule has 0 aliphatic rings. The first-order valence-corrected chi connectivity index (χ1v) is 6.33. The summed E-state index contributed by atoms with van der Waals surface area (Å²) in [6, 6.07) is 9.80. The van der Waals surface area contributed by atoms with E-state index in [2.05, 4.69) is 4.98 Å². The highest BCUT2D eigenvalue weighted by atomic mass is 35.5. The minimum absolute atomic E-state index is 0.173. The van der Waals surface area contributed by atoms with Crippen LogP contribution in [-0.2, 0) is 6.42 Å². The maximum absolute atomic E-state index is 6.08. The Labute approximate surface area is 119 Å². The zero-order chi connectivity index (χ0) is 12.4. The summed E-state index contributed by atoms with van der Waals surface area (Å²) in [6.45, 7) is 0. The van der Waals surface area contributed by atoms with Crippen LogP contribution in [0.3, 0.4) is 0 Å². The highest BCUT2D eigenvalue weighted by molar-refractivity contribution is 6.51. The number of hydrogen-bond acceptors (Lipinski definition) is 1. The minimum atomic E-state index is 0.173. The van der Waals surface area contributed by atoms with E-state index in [1.165, 1.54) is 0 Å². The molecule has 5 heteroatoms. The second kappa shape index (κ2) is 5.45. The molecule has 1 aromatic carbocycles. The molecule has 0 aliphatic carbocycles. The maximum atomic E-state index is 6.08. The molecule has 0 fully saturated rings. The molecular formula is C12H7Cl4N. The Morgan fingerprint density at radius 3 is 2.12 bits per heavy atom. The number of halogens is 4. The smallest absolute Gasteiger partial charge is 0.149 e. The molecule has 0 bridgehead atoms. The van der Waals surface area contributed by atoms with E-state index < -0.39 is 0 Å². The van der Waals surface area contributed by atoms with Gasteiger partial charge in [0.2, 0.25) is 0 Å². The van der Waals surface area contributed by atoms with E-state index in [-0.39, 0.29) is 15.2 Å². The van der Waals surface area contributed by atoms with Gasteiger partial charge >= 0.3 is 0 Å². The fraction of sp³-hybridized carbons (Fsp3) is 0.0833. The Hall–Kier alpha value is -0.470. The van der Waals surface area contributed by atoms with Gasteiger partial charge in [0.1, 0.15) is 5.15 Å². The van der Waals surface area contributed by atoms with Crippen molar-refractivity contribution in [1.82, 2.24) is 4.98 Å². The highest BCUT2D eigenvalue weighted by Gasteiger charge is 2.14. The summed E-state index contributed by atoms with van der Waals surface area (Å²) in [6.07, 6.45) is 0.566. The Bertz CT molecular complexity index is 540. The third-order valence-electron chi connectivity index (χ3n) is 2.27. The van der Waals surface area contributed by atoms with Gasteiger partial charge in [-0.25, -0.2) is 4.98 Å². The average molecular weight is 307 g/mol. The zero-order valence-electron chi connectivity index (χ0n) is 8.55. The van der Waals surface area contributed by atoms with Crippen molar-refractivity contribution in [3.63, 3.8) is 0 Å². The second-order valence-corrected chi connectivity index (χ2v) is 4.95. The largest absolute Gasteiger partial charge is 0.238 e. The Balaban J connectivity index is 2.41. The molecule has 0 saturated heterocycles. The lowest BCUT2D eigenvalue weighted by molar-refractivity contribution is 1.07. The third-order valence-corrected chi connectivity index (χ3v) is 3.98. The second-order valence-electron chi connectivity index (χ2n) is 3.45. The van der Waals surface area contributed by atoms with Crippen molar-refractivity contribution < 1.29 is 0 Å². The van der Waals surface area contributed by atoms with Crippen LogP contribution < -0.4 is 0 Å². The minimum Gasteiger partial charge on any atom is -0.238 e. The summed E-state index contributed by atoms with van der Waals surface area (Å²) in [5.41, 5.74) is 1.70. The summed E-state index contributed by atoms with van der Waals surface area (Å²) >= 11 is 23.8. The number of nitrogens with zero attached hydrogens (tertiary/aromatic N) is 1. The van der Waals surface area contributed by atoms with E-state index >= 15 is 0 Å². The van der Waals surface area contributed by atoms with Crippen LogP contribution in [-0.4, -0.2) is 4.98 Å². The van der Waals surface area contributed by atoms with E-state index in [4.69, 9.17) is 46.4 Å². The third kappa shape index (κ3) is 2.86. The normalized spacial score (nSPS) is 10.6. The predicted molar refractivity (Wildman–Crippen MR) is 73.5 cm³/mol. The van der Waals surface area contributed by atoms with E-state index in [1.807, 2.05) is 30.3 Å². The molecular weight excluding hydrogens is 300 g/mol. The van der Waals surface area contributed by atoms with Gasteiger partial charge in [0.05, 0.1) is 20.8 Å². The first-order valence-electron chi connectivity index (χ1n) is 4.82. The molecule has 0 atom stereocenters. The molecule has 0 unspecified atom stereocenters. The van der Waals surface area contributed by atoms with E-state index in [1.54, 1.807) is 0 Å². The Morgan fingerprint density at radius 1 is 0.824 bits per heavy atom. The van der Waals surface area contributed by atoms with E-state index in [0.717, 1.165) is 5.56 Å². The van der Waals surface area contributed by atoms with Gasteiger partial charge in [-0.15, -0.1) is 0 Å². The zero-order valence-corrected chi connectivity index (χ0v) is 11.6. The summed E-state index contributed by atoms with van der Waals surface area (Å²) < 4.78 is 0. The summed E-state index contributed by atoms with van der Waals surface area (Å²) in [4.78, 5) is 4.15. The topological polar surface area (TPSA) is 12.9 Å². The van der Waals surface area contributed by atoms with Crippen molar-refractivity contribution in [1.29, 1.82) is 0 Å². The summed E-state index contributed by atoms with van der Waals surface area (Å²) in [5.74, 6) is 0. The van der Waals surface area contributed by atoms with Gasteiger partial charge in [-0.05, 0) is 5.56 Å². The van der Waals surface area contributed by atoms with Gasteiger partial charge in [0.15, 0.2) is 0 Å². The summed E-state index contributed by atoms with van der Waals surface area (Å²) in [7, 11) is 0. The lowest BCUT2D eigenvalue weighted by atomic mass is 10.1. The van der Waals surface area contributed by atoms with Crippen molar-refractivity contribution in [2.24, 2.45) is 0 Å². The van der Waals surface area contributed by atoms with Crippen LogP contribution in [0.2, 0.25) is 20.2 Å². The molecule has 17 heavy (non-hydrogen) atoms. The number of pyridine rings is 1. The lowest BCUT2D eigenvalue weighted by Crippen LogP contribution is -1.95. The molecule has 0 aliphatic heterocycles. The van der Waals surface area contributed by atoms with Crippen LogP contribution in [0.1, 0.15) is 11.3 Å². The monoisotopic (exact) mass is 305 g/mol. The highest BCUT2D eigenvalue weighted by Crippen LogP contribution is 2.36. The van der Waals surface area contributed by atoms with Crippen molar-refractivity contribution in [2.75, 3.05) is 0 Å². The van der Waals surface area contributed by atoms with Crippen LogP contribution >= 0.6 is 46.4 Å². The molecule has 0 saturated carbocycles. The fourth-order valence-corrected chi connectivity index (χ4v) is 2.27. The standard InChI is InChI=1S/C12H7Cl4N/c13-9-8(6-7-4-2-1-3-5-7)17-12(16)11(15)10(9)14/h1-5H,6H2. The quantitative estimate of drug-likeness (QED) is 0.687. The Morgan fingerprint density at radius 2 is 1.47 bits per heavy atom. The van der Waals surface area contributed by atoms with Crippen LogP contribution in [0.25, 0.3) is 0 Å². The maximum Gasteiger partial charge on any atom is 0.149 e. The van der Waals surface area contributed by atoms with Crippen LogP contribution in [0.5, 0.6) is 0 Å². The number of aromatic nitrogens is 1. The van der Waals surface area contributed by atoms with Crippen molar-refractivity contribution >= 4 is 46.4 Å². The predicted octanol–water partition coefficient (Wildman–Crippen LogP) is 5.29. The summed E-state index contributed by atoms with van der Waals surface area (Å²) in [5, 5.41) is 0.964. The molecule has 0 radical (unpaired) electrons. The first kappa shape index (κ1) is 13.0. The van der Waals surface area contributed by atoms with Gasteiger partial charge in [0.25, 0.3) is 0 Å². The van der Waals surface area contributed by atoms with Gasteiger partial charge in [-0.2, -0.15) is 0 Å². The number of hydrogen-bond donors (Lipinski definition) is 0. The Kier molecular flexibility index (Phi) is 4.16. The van der Waals surface area contributed by atoms with Gasteiger partial charge < -0.3 is 0 Å². The van der Waals surface area contributed by atoms with Gasteiger partial charge in [-0.3, -0.25) is 0 Å². The molecule has 0 amide bonds. The van der Waals surface area contributed by atoms with Gasteiger partial charge in [-0.1, -0.05) is 76.7 Å². The average Bonchev–Trinajstić information content (AvgIpc) is 2.35. The van der Waals surface area contributed by atoms with Crippen LogP contribution in [0.15, 0.2) is 30.3 Å². The van der Waals surface area contributed by atoms with Crippen LogP contribution in [0.4, 0.5) is 0 Å². The molecule has 2 aromatic rings. The first-order chi connectivity index (χ1) is 8.09. The fourth-order valence-electron chi connectivity index (χ4n) is 1.44. The van der Waals surface area contributed by atoms with E-state index in [9.17, 15) is 0 Å². The van der Waals surface area contributed by atoms with E-state index in [0.29, 0.717) is 17.1 Å². The van der Waals surface area contributed by atoms with Crippen LogP contribution in [0, 0.1) is 0 Å². The van der Waals surface area contributed by atoms with Crippen molar-refractivity contribution in [3.05, 3.63) is 61.8 Å². The molecule has 1 heterocycles. The molecule has 0 N–H and O–H groups in total. The molecule has 2 rings (SSSR count). The molecule has 88 valence electrons. The molecule has 1 nitrogen and oxygen atoms in total. The number of benzene rings is 1. The SMILES string of the molecule is Clc1nc(Cc2ccccc2)c(Cl)c(Cl)c1Cl. The number of rotatable bonds is 2. The molecule has 1 aromatic heterocycles. The van der Waals surface area contributed by atoms with Crippen molar-refractivity contribution in [3.8, 4) is 0 Å².